The van der Waals surface area contributed by atoms with Gasteiger partial charge in [0.1, 0.15) is 0 Å². The quantitative estimate of drug-likeness (QED) is 0.162. The van der Waals surface area contributed by atoms with E-state index in [0.717, 1.165) is 0 Å². The summed E-state index contributed by atoms with van der Waals surface area (Å²) in [6.45, 7) is 36.7. The van der Waals surface area contributed by atoms with E-state index >= 15 is 0 Å². The van der Waals surface area contributed by atoms with Crippen LogP contribution >= 0.6 is 11.3 Å². The molecule has 67 heavy (non-hydrogen) atoms. The Morgan fingerprint density at radius 1 is 0.567 bits per heavy atom. The summed E-state index contributed by atoms with van der Waals surface area (Å²) in [6, 6.07) is 44.0. The van der Waals surface area contributed by atoms with Crippen LogP contribution in [-0.2, 0) is 27.1 Å². The first kappa shape index (κ1) is 44.7. The Hall–Kier alpha value is -4.84. The number of thiophene rings is 1. The van der Waals surface area contributed by atoms with E-state index in [1.807, 2.05) is 0 Å². The highest BCUT2D eigenvalue weighted by atomic mass is 32.1. The van der Waals surface area contributed by atoms with Crippen molar-refractivity contribution in [1.82, 2.24) is 0 Å². The molecule has 0 atom stereocenters. The van der Waals surface area contributed by atoms with E-state index in [4.69, 9.17) is 0 Å². The summed E-state index contributed by atoms with van der Waals surface area (Å²) < 4.78 is 2.88. The van der Waals surface area contributed by atoms with Gasteiger partial charge in [-0.1, -0.05) is 162 Å². The highest BCUT2D eigenvalue weighted by molar-refractivity contribution is 7.33. The molecule has 6 aromatic carbocycles. The third-order valence-electron chi connectivity index (χ3n) is 16.9. The molecule has 0 saturated carbocycles. The number of nitrogens with zero attached hydrogens (tertiary/aromatic N) is 2. The van der Waals surface area contributed by atoms with Gasteiger partial charge in [0.15, 0.2) is 0 Å². The normalized spacial score (nSPS) is 18.5. The summed E-state index contributed by atoms with van der Waals surface area (Å²) in [5.41, 5.74) is 22.3. The summed E-state index contributed by atoms with van der Waals surface area (Å²) in [7, 11) is -1.65. The van der Waals surface area contributed by atoms with Crippen molar-refractivity contribution in [2.24, 2.45) is 0 Å². The van der Waals surface area contributed by atoms with Gasteiger partial charge in [0.2, 0.25) is 0 Å². The lowest BCUT2D eigenvalue weighted by Crippen LogP contribution is -2.60. The standard InChI is InChI=1S/C62H71BN2SSi/c1-38-31-52-55-53(32-38)65(50-26-23-42(67(13,14)15)35-43(50)39-19-17-16-18-20-39)51-25-21-40(58(2,3)4)33-49(51)63(55)57-56(44-36-47-48(37-54(44)66-57)62(11,12)30-29-61(47,9)10)64(52)41-22-24-45-46(34-41)60(7,8)28-27-59(45,5)6/h16-26,31-37H,27-30H2,1-15H3. The molecule has 0 N–H and O–H groups in total. The molecular weight excluding hydrogens is 844 g/mol. The molecule has 0 spiro atoms. The average molecular weight is 915 g/mol. The minimum Gasteiger partial charge on any atom is -0.311 e. The first-order valence-electron chi connectivity index (χ1n) is 25.2. The van der Waals surface area contributed by atoms with Gasteiger partial charge in [-0.15, -0.1) is 11.3 Å². The van der Waals surface area contributed by atoms with Gasteiger partial charge in [-0.2, -0.15) is 0 Å². The van der Waals surface area contributed by atoms with Crippen molar-refractivity contribution in [3.05, 3.63) is 143 Å². The maximum Gasteiger partial charge on any atom is 0.264 e. The molecule has 342 valence electrons. The van der Waals surface area contributed by atoms with Crippen LogP contribution in [0.5, 0.6) is 0 Å². The molecule has 5 heteroatoms. The van der Waals surface area contributed by atoms with E-state index < -0.39 is 8.07 Å². The zero-order valence-electron chi connectivity index (χ0n) is 43.1. The van der Waals surface area contributed by atoms with Crippen LogP contribution in [0.2, 0.25) is 19.6 Å². The SMILES string of the molecule is Cc1cc2c3c(c1)N(c1ccc4c(c1)C(C)(C)CCC4(C)C)c1c(sc4cc5c(cc14)C(C)(C)CCC5(C)C)B3c1cc(C(C)(C)C)ccc1N2c1ccc([Si](C)(C)C)cc1-c1ccccc1. The Morgan fingerprint density at radius 2 is 1.15 bits per heavy atom. The molecule has 11 rings (SSSR count). The van der Waals surface area contributed by atoms with Gasteiger partial charge in [-0.05, 0) is 158 Å². The molecule has 4 aliphatic rings. The molecule has 0 amide bonds. The van der Waals surface area contributed by atoms with Crippen LogP contribution in [0.25, 0.3) is 21.2 Å². The Morgan fingerprint density at radius 3 is 1.78 bits per heavy atom. The van der Waals surface area contributed by atoms with Crippen molar-refractivity contribution >= 4 is 91.2 Å². The van der Waals surface area contributed by atoms with Gasteiger partial charge in [0, 0.05) is 43.2 Å². The van der Waals surface area contributed by atoms with Crippen molar-refractivity contribution in [1.29, 1.82) is 0 Å². The van der Waals surface area contributed by atoms with Crippen LogP contribution in [0.4, 0.5) is 34.1 Å². The number of fused-ring (bicyclic) bond motifs is 8. The predicted octanol–water partition coefficient (Wildman–Crippen LogP) is 15.5. The minimum atomic E-state index is -1.65. The Kier molecular flexibility index (Phi) is 9.73. The first-order valence-corrected chi connectivity index (χ1v) is 29.5. The van der Waals surface area contributed by atoms with Gasteiger partial charge in [0.05, 0.1) is 19.4 Å². The minimum absolute atomic E-state index is 0.0198. The number of aryl methyl sites for hydroxylation is 1. The zero-order chi connectivity index (χ0) is 47.5. The predicted molar refractivity (Wildman–Crippen MR) is 298 cm³/mol. The third-order valence-corrected chi connectivity index (χ3v) is 20.2. The smallest absolute Gasteiger partial charge is 0.264 e. The molecule has 0 unspecified atom stereocenters. The lowest BCUT2D eigenvalue weighted by molar-refractivity contribution is 0.332. The maximum atomic E-state index is 2.74. The van der Waals surface area contributed by atoms with Gasteiger partial charge < -0.3 is 9.80 Å². The molecule has 2 nitrogen and oxygen atoms in total. The van der Waals surface area contributed by atoms with Crippen LogP contribution in [0, 0.1) is 6.92 Å². The molecule has 1 aromatic heterocycles. The summed E-state index contributed by atoms with van der Waals surface area (Å²) >= 11 is 2.07. The lowest BCUT2D eigenvalue weighted by Gasteiger charge is -2.45. The molecule has 2 aliphatic carbocycles. The Bertz CT molecular complexity index is 3190. The fraction of sp³-hybridized carbons (Fsp3) is 0.387. The summed E-state index contributed by atoms with van der Waals surface area (Å²) in [5, 5.41) is 2.88. The summed E-state index contributed by atoms with van der Waals surface area (Å²) in [4.78, 5) is 5.41. The van der Waals surface area contributed by atoms with Gasteiger partial charge in [0.25, 0.3) is 6.71 Å². The number of benzene rings is 6. The monoisotopic (exact) mass is 915 g/mol. The Balaban J connectivity index is 1.27. The highest BCUT2D eigenvalue weighted by Gasteiger charge is 2.48. The molecule has 3 heterocycles. The fourth-order valence-corrected chi connectivity index (χ4v) is 14.9. The van der Waals surface area contributed by atoms with E-state index in [-0.39, 0.29) is 33.8 Å². The van der Waals surface area contributed by atoms with Gasteiger partial charge >= 0.3 is 0 Å². The lowest BCUT2D eigenvalue weighted by atomic mass is 9.36. The van der Waals surface area contributed by atoms with Crippen molar-refractivity contribution in [2.75, 3.05) is 9.80 Å². The zero-order valence-corrected chi connectivity index (χ0v) is 44.9. The molecule has 7 aromatic rings. The van der Waals surface area contributed by atoms with Crippen LogP contribution in [0.15, 0.2) is 109 Å². The highest BCUT2D eigenvalue weighted by Crippen LogP contribution is 2.55. The molecule has 0 radical (unpaired) electrons. The number of hydrogen-bond acceptors (Lipinski definition) is 3. The number of anilines is 6. The second-order valence-electron chi connectivity index (χ2n) is 25.7. The van der Waals surface area contributed by atoms with Crippen LogP contribution in [0.1, 0.15) is 135 Å². The second kappa shape index (κ2) is 14.6. The molecule has 0 saturated heterocycles. The van der Waals surface area contributed by atoms with Crippen molar-refractivity contribution in [2.45, 2.75) is 155 Å². The van der Waals surface area contributed by atoms with E-state index in [0.29, 0.717) is 0 Å². The van der Waals surface area contributed by atoms with E-state index in [2.05, 4.69) is 233 Å². The van der Waals surface area contributed by atoms with Crippen molar-refractivity contribution < 1.29 is 0 Å². The largest absolute Gasteiger partial charge is 0.311 e. The Labute approximate surface area is 407 Å². The first-order chi connectivity index (χ1) is 31.4. The van der Waals surface area contributed by atoms with Crippen molar-refractivity contribution in [3.63, 3.8) is 0 Å². The van der Waals surface area contributed by atoms with Crippen LogP contribution < -0.4 is 30.7 Å². The average Bonchev–Trinajstić information content (AvgIpc) is 3.64. The van der Waals surface area contributed by atoms with E-state index in [9.17, 15) is 0 Å². The topological polar surface area (TPSA) is 6.48 Å². The molecule has 0 bridgehead atoms. The summed E-state index contributed by atoms with van der Waals surface area (Å²) in [5.74, 6) is 0. The van der Waals surface area contributed by atoms with E-state index in [1.54, 1.807) is 0 Å². The molecule has 2 aliphatic heterocycles. The molecular formula is C62H71BN2SSi. The van der Waals surface area contributed by atoms with E-state index in [1.165, 1.54) is 135 Å². The second-order valence-corrected chi connectivity index (χ2v) is 31.8. The van der Waals surface area contributed by atoms with Crippen LogP contribution in [-0.4, -0.2) is 14.8 Å². The van der Waals surface area contributed by atoms with Gasteiger partial charge in [-0.3, -0.25) is 0 Å². The van der Waals surface area contributed by atoms with Crippen molar-refractivity contribution in [3.8, 4) is 11.1 Å². The summed E-state index contributed by atoms with van der Waals surface area (Å²) in [6.07, 6.45) is 4.79. The van der Waals surface area contributed by atoms with Crippen LogP contribution in [0.3, 0.4) is 0 Å². The maximum absolute atomic E-state index is 2.74. The third kappa shape index (κ3) is 6.90. The number of rotatable bonds is 4. The molecule has 0 fully saturated rings. The number of hydrogen-bond donors (Lipinski definition) is 0. The van der Waals surface area contributed by atoms with Gasteiger partial charge in [-0.25, -0.2) is 0 Å². The fourth-order valence-electron chi connectivity index (χ4n) is 12.4.